The highest BCUT2D eigenvalue weighted by atomic mass is 19.3. The Bertz CT molecular complexity index is 171. The van der Waals surface area contributed by atoms with Gasteiger partial charge in [-0.15, -0.1) is 0 Å². The van der Waals surface area contributed by atoms with Gasteiger partial charge in [-0.25, -0.2) is 8.78 Å². The van der Waals surface area contributed by atoms with E-state index in [-0.39, 0.29) is 6.04 Å². The Morgan fingerprint density at radius 2 is 1.72 bits per heavy atom. The molecule has 5 heteroatoms. The van der Waals surface area contributed by atoms with Crippen LogP contribution in [0, 0.1) is 0 Å². The molecule has 0 fully saturated rings. The molecule has 18 heavy (non-hydrogen) atoms. The summed E-state index contributed by atoms with van der Waals surface area (Å²) in [4.78, 5) is 0. The van der Waals surface area contributed by atoms with Crippen molar-refractivity contribution in [1.29, 1.82) is 0 Å². The Morgan fingerprint density at radius 1 is 1.06 bits per heavy atom. The minimum atomic E-state index is -2.38. The van der Waals surface area contributed by atoms with Gasteiger partial charge in [-0.3, -0.25) is 11.3 Å². The molecule has 0 heterocycles. The molecular formula is C13H28F2N2O. The van der Waals surface area contributed by atoms with Crippen molar-refractivity contribution in [2.75, 3.05) is 13.2 Å². The molecule has 0 bridgehead atoms. The van der Waals surface area contributed by atoms with Gasteiger partial charge in [0, 0.05) is 12.6 Å². The summed E-state index contributed by atoms with van der Waals surface area (Å²) in [6.45, 7) is 2.07. The first-order valence-corrected chi connectivity index (χ1v) is 7.02. The molecule has 3 N–H and O–H groups in total. The fourth-order valence-corrected chi connectivity index (χ4v) is 1.88. The quantitative estimate of drug-likeness (QED) is 0.306. The van der Waals surface area contributed by atoms with Crippen LogP contribution in [-0.2, 0) is 4.74 Å². The topological polar surface area (TPSA) is 47.3 Å². The van der Waals surface area contributed by atoms with Crippen molar-refractivity contribution in [2.24, 2.45) is 5.84 Å². The van der Waals surface area contributed by atoms with E-state index in [1.165, 1.54) is 32.1 Å². The number of rotatable bonds is 13. The number of nitrogens with two attached hydrogens (primary N) is 1. The summed E-state index contributed by atoms with van der Waals surface area (Å²) in [5, 5.41) is 0. The molecule has 0 rings (SSSR count). The predicted octanol–water partition coefficient (Wildman–Crippen LogP) is 3.24. The Balaban J connectivity index is 3.35. The average molecular weight is 266 g/mol. The molecule has 0 amide bonds. The van der Waals surface area contributed by atoms with E-state index in [2.05, 4.69) is 12.3 Å². The third-order valence-corrected chi connectivity index (χ3v) is 3.00. The molecule has 0 radical (unpaired) electrons. The van der Waals surface area contributed by atoms with Gasteiger partial charge in [-0.1, -0.05) is 45.4 Å². The van der Waals surface area contributed by atoms with Crippen LogP contribution in [0.3, 0.4) is 0 Å². The summed E-state index contributed by atoms with van der Waals surface area (Å²) in [5.41, 5.74) is 2.72. The van der Waals surface area contributed by atoms with E-state index in [0.29, 0.717) is 13.0 Å². The number of ether oxygens (including phenoxy) is 1. The van der Waals surface area contributed by atoms with E-state index in [4.69, 9.17) is 10.6 Å². The first-order valence-electron chi connectivity index (χ1n) is 7.02. The molecule has 0 spiro atoms. The Kier molecular flexibility index (Phi) is 13.0. The highest BCUT2D eigenvalue weighted by molar-refractivity contribution is 4.63. The van der Waals surface area contributed by atoms with Crippen LogP contribution in [0.4, 0.5) is 8.78 Å². The summed E-state index contributed by atoms with van der Waals surface area (Å²) < 4.78 is 28.5. The average Bonchev–Trinajstić information content (AvgIpc) is 2.35. The minimum Gasteiger partial charge on any atom is -0.375 e. The molecule has 0 aliphatic heterocycles. The zero-order valence-corrected chi connectivity index (χ0v) is 11.5. The molecule has 0 aromatic carbocycles. The molecular weight excluding hydrogens is 238 g/mol. The van der Waals surface area contributed by atoms with E-state index in [1.54, 1.807) is 0 Å². The van der Waals surface area contributed by atoms with Gasteiger partial charge in [-0.05, 0) is 12.8 Å². The van der Waals surface area contributed by atoms with Crippen molar-refractivity contribution < 1.29 is 13.5 Å². The number of alkyl halides is 2. The van der Waals surface area contributed by atoms with Gasteiger partial charge in [0.1, 0.15) is 6.61 Å². The van der Waals surface area contributed by atoms with E-state index in [9.17, 15) is 8.78 Å². The second-order valence-electron chi connectivity index (χ2n) is 4.67. The van der Waals surface area contributed by atoms with Crippen LogP contribution in [0.1, 0.15) is 58.3 Å². The van der Waals surface area contributed by atoms with E-state index < -0.39 is 13.0 Å². The van der Waals surface area contributed by atoms with Crippen LogP contribution >= 0.6 is 0 Å². The maximum atomic E-state index is 11.8. The standard InChI is InChI=1S/C13H28F2N2O/c1-2-3-4-5-6-7-8-12(17-16)9-10-18-11-13(14)15/h12-13,17H,2-11,16H2,1H3. The minimum absolute atomic E-state index is 0.175. The fourth-order valence-electron chi connectivity index (χ4n) is 1.88. The maximum absolute atomic E-state index is 11.8. The molecule has 0 saturated heterocycles. The zero-order valence-electron chi connectivity index (χ0n) is 11.5. The van der Waals surface area contributed by atoms with Crippen molar-refractivity contribution in [3.63, 3.8) is 0 Å². The van der Waals surface area contributed by atoms with Gasteiger partial charge in [-0.2, -0.15) is 0 Å². The normalized spacial score (nSPS) is 13.2. The fraction of sp³-hybridized carbons (Fsp3) is 1.00. The van der Waals surface area contributed by atoms with E-state index in [1.807, 2.05) is 0 Å². The lowest BCUT2D eigenvalue weighted by Gasteiger charge is -2.15. The highest BCUT2D eigenvalue weighted by Crippen LogP contribution is 2.10. The van der Waals surface area contributed by atoms with Crippen LogP contribution in [0.5, 0.6) is 0 Å². The molecule has 0 aliphatic carbocycles. The largest absolute Gasteiger partial charge is 0.375 e. The SMILES string of the molecule is CCCCCCCCC(CCOCC(F)F)NN. The van der Waals surface area contributed by atoms with Crippen LogP contribution in [-0.4, -0.2) is 25.7 Å². The van der Waals surface area contributed by atoms with Crippen molar-refractivity contribution in [1.82, 2.24) is 5.43 Å². The molecule has 0 saturated carbocycles. The second-order valence-corrected chi connectivity index (χ2v) is 4.67. The number of nitrogens with one attached hydrogen (secondary N) is 1. The van der Waals surface area contributed by atoms with Gasteiger partial charge in [0.25, 0.3) is 6.43 Å². The summed E-state index contributed by atoms with van der Waals surface area (Å²) in [7, 11) is 0. The third kappa shape index (κ3) is 12.2. The van der Waals surface area contributed by atoms with Crippen molar-refractivity contribution >= 4 is 0 Å². The molecule has 0 aliphatic rings. The second kappa shape index (κ2) is 13.2. The summed E-state index contributed by atoms with van der Waals surface area (Å²) in [6, 6.07) is 0.175. The van der Waals surface area contributed by atoms with E-state index in [0.717, 1.165) is 12.8 Å². The number of hydrogen-bond donors (Lipinski definition) is 2. The molecule has 1 atom stereocenters. The lowest BCUT2D eigenvalue weighted by atomic mass is 10.0. The van der Waals surface area contributed by atoms with Crippen molar-refractivity contribution in [3.05, 3.63) is 0 Å². The van der Waals surface area contributed by atoms with Crippen molar-refractivity contribution in [2.45, 2.75) is 70.8 Å². The van der Waals surface area contributed by atoms with Crippen molar-refractivity contribution in [3.8, 4) is 0 Å². The predicted molar refractivity (Wildman–Crippen MR) is 70.5 cm³/mol. The lowest BCUT2D eigenvalue weighted by Crippen LogP contribution is -2.36. The summed E-state index contributed by atoms with van der Waals surface area (Å²) in [5.74, 6) is 5.42. The van der Waals surface area contributed by atoms with Crippen LogP contribution in [0.2, 0.25) is 0 Å². The zero-order chi connectivity index (χ0) is 13.6. The number of halogens is 2. The van der Waals surface area contributed by atoms with Gasteiger partial charge in [0.15, 0.2) is 0 Å². The summed E-state index contributed by atoms with van der Waals surface area (Å²) >= 11 is 0. The number of hydrazine groups is 1. The molecule has 1 unspecified atom stereocenters. The van der Waals surface area contributed by atoms with Crippen LogP contribution in [0.25, 0.3) is 0 Å². The first kappa shape index (κ1) is 17.7. The molecule has 110 valence electrons. The first-order chi connectivity index (χ1) is 8.70. The molecule has 0 aromatic rings. The Labute approximate surface area is 109 Å². The van der Waals surface area contributed by atoms with Gasteiger partial charge in [0.05, 0.1) is 0 Å². The summed E-state index contributed by atoms with van der Waals surface area (Å²) in [6.07, 6.45) is 6.78. The van der Waals surface area contributed by atoms with Crippen LogP contribution in [0.15, 0.2) is 0 Å². The highest BCUT2D eigenvalue weighted by Gasteiger charge is 2.07. The number of unbranched alkanes of at least 4 members (excludes halogenated alkanes) is 5. The maximum Gasteiger partial charge on any atom is 0.261 e. The molecule has 3 nitrogen and oxygen atoms in total. The lowest BCUT2D eigenvalue weighted by molar-refractivity contribution is 0.0141. The third-order valence-electron chi connectivity index (χ3n) is 3.00. The van der Waals surface area contributed by atoms with Gasteiger partial charge >= 0.3 is 0 Å². The smallest absolute Gasteiger partial charge is 0.261 e. The van der Waals surface area contributed by atoms with Crippen LogP contribution < -0.4 is 11.3 Å². The Hall–Kier alpha value is -0.260. The van der Waals surface area contributed by atoms with Gasteiger partial charge < -0.3 is 4.74 Å². The van der Waals surface area contributed by atoms with E-state index >= 15 is 0 Å². The monoisotopic (exact) mass is 266 g/mol. The van der Waals surface area contributed by atoms with Gasteiger partial charge in [0.2, 0.25) is 0 Å². The number of hydrogen-bond acceptors (Lipinski definition) is 3. The molecule has 0 aromatic heterocycles. The Morgan fingerprint density at radius 3 is 2.33 bits per heavy atom.